The molecule has 66 valence electrons. The number of pyridine rings is 1. The van der Waals surface area contributed by atoms with Crippen LogP contribution in [0, 0.1) is 0 Å². The smallest absolute Gasteiger partial charge is 0.0668 e. The molecule has 0 fully saturated rings. The zero-order valence-electron chi connectivity index (χ0n) is 6.50. The number of rotatable bonds is 1. The molecule has 0 radical (unpaired) electrons. The molecule has 4 heteroatoms. The van der Waals surface area contributed by atoms with E-state index in [0.717, 1.165) is 16.1 Å². The molecule has 13 heavy (non-hydrogen) atoms. The van der Waals surface area contributed by atoms with Crippen LogP contribution >= 0.6 is 34.5 Å². The van der Waals surface area contributed by atoms with E-state index < -0.39 is 0 Å². The van der Waals surface area contributed by atoms with Gasteiger partial charge in [0.05, 0.1) is 10.0 Å². The monoisotopic (exact) mass is 229 g/mol. The van der Waals surface area contributed by atoms with Crippen LogP contribution in [-0.4, -0.2) is 4.98 Å². The van der Waals surface area contributed by atoms with E-state index in [2.05, 4.69) is 4.98 Å². The molecule has 0 saturated heterocycles. The molecule has 0 amide bonds. The molecule has 0 aliphatic carbocycles. The third-order valence-electron chi connectivity index (χ3n) is 1.68. The van der Waals surface area contributed by atoms with E-state index >= 15 is 0 Å². The van der Waals surface area contributed by atoms with Crippen LogP contribution in [0.3, 0.4) is 0 Å². The summed E-state index contributed by atoms with van der Waals surface area (Å²) in [6, 6.07) is 1.86. The van der Waals surface area contributed by atoms with Crippen LogP contribution in [0.25, 0.3) is 11.1 Å². The van der Waals surface area contributed by atoms with Crippen LogP contribution in [0.1, 0.15) is 0 Å². The van der Waals surface area contributed by atoms with Gasteiger partial charge in [-0.25, -0.2) is 0 Å². The lowest BCUT2D eigenvalue weighted by atomic mass is 10.1. The molecular weight excluding hydrogens is 225 g/mol. The summed E-state index contributed by atoms with van der Waals surface area (Å²) in [4.78, 5) is 3.91. The third-order valence-corrected chi connectivity index (χ3v) is 3.16. The predicted octanol–water partition coefficient (Wildman–Crippen LogP) is 4.12. The van der Waals surface area contributed by atoms with E-state index in [1.165, 1.54) is 0 Å². The van der Waals surface area contributed by atoms with Crippen LogP contribution in [0.2, 0.25) is 10.0 Å². The Hall–Kier alpha value is -0.570. The molecule has 0 N–H and O–H groups in total. The molecular formula is C9H5Cl2NS. The highest BCUT2D eigenvalue weighted by molar-refractivity contribution is 7.09. The normalized spacial score (nSPS) is 10.3. The first-order valence-corrected chi connectivity index (χ1v) is 5.30. The van der Waals surface area contributed by atoms with Gasteiger partial charge in [0.2, 0.25) is 0 Å². The quantitative estimate of drug-likeness (QED) is 0.718. The number of nitrogens with zero attached hydrogens (tertiary/aromatic N) is 1. The van der Waals surface area contributed by atoms with Crippen molar-refractivity contribution in [2.75, 3.05) is 0 Å². The lowest BCUT2D eigenvalue weighted by Gasteiger charge is -2.00. The summed E-state index contributed by atoms with van der Waals surface area (Å²) in [7, 11) is 0. The Labute approximate surface area is 90.0 Å². The summed E-state index contributed by atoms with van der Waals surface area (Å²) in [5, 5.41) is 5.22. The third kappa shape index (κ3) is 1.70. The van der Waals surface area contributed by atoms with Gasteiger partial charge in [-0.3, -0.25) is 4.98 Å². The van der Waals surface area contributed by atoms with Gasteiger partial charge in [-0.1, -0.05) is 23.2 Å². The molecule has 0 saturated carbocycles. The van der Waals surface area contributed by atoms with Crippen molar-refractivity contribution in [3.05, 3.63) is 39.3 Å². The van der Waals surface area contributed by atoms with Crippen molar-refractivity contribution in [3.8, 4) is 11.1 Å². The van der Waals surface area contributed by atoms with Gasteiger partial charge in [0.25, 0.3) is 0 Å². The molecule has 1 nitrogen and oxygen atoms in total. The van der Waals surface area contributed by atoms with E-state index in [9.17, 15) is 0 Å². The fraction of sp³-hybridized carbons (Fsp3) is 0. The molecule has 0 unspecified atom stereocenters. The van der Waals surface area contributed by atoms with Crippen LogP contribution < -0.4 is 0 Å². The van der Waals surface area contributed by atoms with E-state index in [-0.39, 0.29) is 0 Å². The lowest BCUT2D eigenvalue weighted by molar-refractivity contribution is 1.33. The Morgan fingerprint density at radius 2 is 1.92 bits per heavy atom. The Morgan fingerprint density at radius 1 is 1.08 bits per heavy atom. The molecule has 0 aromatic carbocycles. The topological polar surface area (TPSA) is 12.9 Å². The zero-order valence-corrected chi connectivity index (χ0v) is 8.83. The maximum atomic E-state index is 5.98. The number of halogens is 2. The maximum absolute atomic E-state index is 5.98. The largest absolute Gasteiger partial charge is 0.263 e. The van der Waals surface area contributed by atoms with Crippen molar-refractivity contribution in [1.82, 2.24) is 4.98 Å². The van der Waals surface area contributed by atoms with Crippen molar-refractivity contribution in [2.24, 2.45) is 0 Å². The molecule has 2 aromatic heterocycles. The number of hydrogen-bond donors (Lipinski definition) is 0. The van der Waals surface area contributed by atoms with Crippen LogP contribution in [0.5, 0.6) is 0 Å². The van der Waals surface area contributed by atoms with Crippen molar-refractivity contribution < 1.29 is 0 Å². The minimum absolute atomic E-state index is 0.628. The number of aromatic nitrogens is 1. The maximum Gasteiger partial charge on any atom is 0.0668 e. The molecule has 2 rings (SSSR count). The summed E-state index contributed by atoms with van der Waals surface area (Å²) in [5.41, 5.74) is 1.90. The van der Waals surface area contributed by atoms with Crippen molar-refractivity contribution in [2.45, 2.75) is 0 Å². The molecule has 0 bridgehead atoms. The minimum Gasteiger partial charge on any atom is -0.263 e. The van der Waals surface area contributed by atoms with Gasteiger partial charge in [-0.2, -0.15) is 11.3 Å². The summed E-state index contributed by atoms with van der Waals surface area (Å²) in [6.07, 6.45) is 3.32. The fourth-order valence-corrected chi connectivity index (χ4v) is 2.37. The van der Waals surface area contributed by atoms with Crippen molar-refractivity contribution >= 4 is 34.5 Å². The van der Waals surface area contributed by atoms with Gasteiger partial charge in [0, 0.05) is 34.3 Å². The summed E-state index contributed by atoms with van der Waals surface area (Å²) < 4.78 is 0. The van der Waals surface area contributed by atoms with E-state index in [4.69, 9.17) is 23.2 Å². The first-order chi connectivity index (χ1) is 6.29. The lowest BCUT2D eigenvalue weighted by Crippen LogP contribution is -1.78. The Morgan fingerprint density at radius 3 is 2.54 bits per heavy atom. The predicted molar refractivity (Wildman–Crippen MR) is 57.6 cm³/mol. The first kappa shape index (κ1) is 9.00. The Kier molecular flexibility index (Phi) is 2.54. The highest BCUT2D eigenvalue weighted by atomic mass is 35.5. The summed E-state index contributed by atoms with van der Waals surface area (Å²) in [6.45, 7) is 0. The van der Waals surface area contributed by atoms with Gasteiger partial charge in [0.1, 0.15) is 0 Å². The van der Waals surface area contributed by atoms with Gasteiger partial charge in [-0.15, -0.1) is 0 Å². The second kappa shape index (κ2) is 3.66. The minimum atomic E-state index is 0.628. The standard InChI is InChI=1S/C9H5Cl2NS/c10-8-3-12-2-1-6(8)7-4-13-5-9(7)11/h1-5H. The SMILES string of the molecule is Clc1cnccc1-c1cscc1Cl. The van der Waals surface area contributed by atoms with Crippen molar-refractivity contribution in [1.29, 1.82) is 0 Å². The van der Waals surface area contributed by atoms with Gasteiger partial charge in [-0.05, 0) is 6.07 Å². The van der Waals surface area contributed by atoms with Crippen LogP contribution in [-0.2, 0) is 0 Å². The van der Waals surface area contributed by atoms with Gasteiger partial charge in [0.15, 0.2) is 0 Å². The Balaban J connectivity index is 2.59. The molecule has 2 aromatic rings. The highest BCUT2D eigenvalue weighted by Crippen LogP contribution is 2.34. The highest BCUT2D eigenvalue weighted by Gasteiger charge is 2.07. The second-order valence-electron chi connectivity index (χ2n) is 2.49. The average molecular weight is 230 g/mol. The van der Waals surface area contributed by atoms with E-state index in [1.54, 1.807) is 23.7 Å². The number of hydrogen-bond acceptors (Lipinski definition) is 2. The molecule has 0 spiro atoms. The summed E-state index contributed by atoms with van der Waals surface area (Å²) >= 11 is 13.5. The number of thiophene rings is 1. The van der Waals surface area contributed by atoms with E-state index in [1.807, 2.05) is 16.8 Å². The second-order valence-corrected chi connectivity index (χ2v) is 4.05. The molecule has 0 aliphatic heterocycles. The average Bonchev–Trinajstić information content (AvgIpc) is 2.52. The van der Waals surface area contributed by atoms with Crippen LogP contribution in [0.15, 0.2) is 29.2 Å². The fourth-order valence-electron chi connectivity index (χ4n) is 1.07. The molecule has 2 heterocycles. The van der Waals surface area contributed by atoms with Crippen molar-refractivity contribution in [3.63, 3.8) is 0 Å². The van der Waals surface area contributed by atoms with Gasteiger partial charge < -0.3 is 0 Å². The molecule has 0 aliphatic rings. The zero-order chi connectivity index (χ0) is 9.26. The van der Waals surface area contributed by atoms with Crippen LogP contribution in [0.4, 0.5) is 0 Å². The molecule has 0 atom stereocenters. The van der Waals surface area contributed by atoms with Gasteiger partial charge >= 0.3 is 0 Å². The first-order valence-electron chi connectivity index (χ1n) is 3.60. The summed E-state index contributed by atoms with van der Waals surface area (Å²) in [5.74, 6) is 0. The Bertz CT molecular complexity index is 425. The van der Waals surface area contributed by atoms with E-state index in [0.29, 0.717) is 5.02 Å².